The van der Waals surface area contributed by atoms with Crippen molar-refractivity contribution in [3.05, 3.63) is 42.0 Å². The number of carboxylic acid groups (broad SMARTS) is 1. The summed E-state index contributed by atoms with van der Waals surface area (Å²) in [4.78, 5) is 21.8. The van der Waals surface area contributed by atoms with E-state index in [1.165, 1.54) is 6.08 Å². The van der Waals surface area contributed by atoms with Crippen LogP contribution in [0.1, 0.15) is 25.3 Å². The van der Waals surface area contributed by atoms with E-state index >= 15 is 0 Å². The lowest BCUT2D eigenvalue weighted by molar-refractivity contribution is -0.137. The molecule has 1 rings (SSSR count). The van der Waals surface area contributed by atoms with Crippen LogP contribution in [-0.2, 0) is 9.59 Å². The number of rotatable bonds is 6. The van der Waals surface area contributed by atoms with Crippen molar-refractivity contribution in [3.8, 4) is 0 Å². The van der Waals surface area contributed by atoms with E-state index in [1.807, 2.05) is 37.3 Å². The first-order valence-corrected chi connectivity index (χ1v) is 5.83. The van der Waals surface area contributed by atoms with Crippen LogP contribution in [0.2, 0.25) is 0 Å². The minimum Gasteiger partial charge on any atom is -0.481 e. The van der Waals surface area contributed by atoms with Gasteiger partial charge in [-0.3, -0.25) is 9.59 Å². The molecule has 0 aliphatic carbocycles. The average molecular weight is 247 g/mol. The second-order valence-electron chi connectivity index (χ2n) is 3.98. The van der Waals surface area contributed by atoms with Gasteiger partial charge in [-0.25, -0.2) is 0 Å². The normalized spacial score (nSPS) is 11.1. The summed E-state index contributed by atoms with van der Waals surface area (Å²) >= 11 is 0. The molecule has 0 heterocycles. The van der Waals surface area contributed by atoms with Gasteiger partial charge in [0.1, 0.15) is 0 Å². The molecule has 0 aliphatic heterocycles. The lowest BCUT2D eigenvalue weighted by atomic mass is 10.1. The largest absolute Gasteiger partial charge is 0.481 e. The van der Waals surface area contributed by atoms with Crippen molar-refractivity contribution in [2.45, 2.75) is 19.8 Å². The lowest BCUT2D eigenvalue weighted by Crippen LogP contribution is -2.22. The summed E-state index contributed by atoms with van der Waals surface area (Å²) < 4.78 is 0. The first-order valence-electron chi connectivity index (χ1n) is 5.83. The van der Waals surface area contributed by atoms with Gasteiger partial charge in [0, 0.05) is 19.0 Å². The third kappa shape index (κ3) is 5.30. The SMILES string of the molecule is C/C(=C\C(=O)NCCCC(=O)O)c1ccccc1. The number of carbonyl (C=O) groups is 2. The van der Waals surface area contributed by atoms with E-state index in [2.05, 4.69) is 5.32 Å². The molecule has 0 atom stereocenters. The molecule has 0 unspecified atom stereocenters. The second kappa shape index (κ2) is 7.27. The topological polar surface area (TPSA) is 66.4 Å². The summed E-state index contributed by atoms with van der Waals surface area (Å²) in [6.45, 7) is 2.25. The fourth-order valence-corrected chi connectivity index (χ4v) is 1.48. The molecule has 1 aromatic rings. The quantitative estimate of drug-likeness (QED) is 0.597. The monoisotopic (exact) mass is 247 g/mol. The first-order chi connectivity index (χ1) is 8.59. The Bertz CT molecular complexity index is 438. The Morgan fingerprint density at radius 3 is 2.56 bits per heavy atom. The van der Waals surface area contributed by atoms with Crippen molar-refractivity contribution in [2.24, 2.45) is 0 Å². The molecule has 0 saturated carbocycles. The molecular formula is C14H17NO3. The van der Waals surface area contributed by atoms with Crippen molar-refractivity contribution >= 4 is 17.4 Å². The summed E-state index contributed by atoms with van der Waals surface area (Å²) in [5.74, 6) is -1.04. The van der Waals surface area contributed by atoms with Crippen molar-refractivity contribution in [2.75, 3.05) is 6.54 Å². The van der Waals surface area contributed by atoms with Gasteiger partial charge in [0.2, 0.25) is 5.91 Å². The molecule has 1 amide bonds. The van der Waals surface area contributed by atoms with Gasteiger partial charge in [-0.1, -0.05) is 30.3 Å². The Kier molecular flexibility index (Phi) is 5.64. The van der Waals surface area contributed by atoms with E-state index in [0.717, 1.165) is 11.1 Å². The van der Waals surface area contributed by atoms with Crippen molar-refractivity contribution in [1.29, 1.82) is 0 Å². The molecule has 0 spiro atoms. The van der Waals surface area contributed by atoms with Crippen LogP contribution in [0.4, 0.5) is 0 Å². The number of nitrogens with one attached hydrogen (secondary N) is 1. The standard InChI is InChI=1S/C14H17NO3/c1-11(12-6-3-2-4-7-12)10-13(16)15-9-5-8-14(17)18/h2-4,6-7,10H,5,8-9H2,1H3,(H,15,16)(H,17,18)/b11-10+. The molecule has 1 aromatic carbocycles. The number of hydrogen-bond donors (Lipinski definition) is 2. The zero-order valence-electron chi connectivity index (χ0n) is 10.3. The molecule has 0 aromatic heterocycles. The maximum absolute atomic E-state index is 11.5. The molecule has 4 nitrogen and oxygen atoms in total. The lowest BCUT2D eigenvalue weighted by Gasteiger charge is -2.03. The molecule has 0 aliphatic rings. The number of hydrogen-bond acceptors (Lipinski definition) is 2. The van der Waals surface area contributed by atoms with E-state index in [0.29, 0.717) is 13.0 Å². The Hall–Kier alpha value is -2.10. The van der Waals surface area contributed by atoms with Crippen LogP contribution in [0.15, 0.2) is 36.4 Å². The van der Waals surface area contributed by atoms with Crippen LogP contribution in [0.5, 0.6) is 0 Å². The number of amides is 1. The average Bonchev–Trinajstić information content (AvgIpc) is 2.35. The molecule has 0 fully saturated rings. The van der Waals surface area contributed by atoms with Crippen LogP contribution in [0, 0.1) is 0 Å². The summed E-state index contributed by atoms with van der Waals surface area (Å²) in [6, 6.07) is 9.62. The van der Waals surface area contributed by atoms with E-state index < -0.39 is 5.97 Å². The Balaban J connectivity index is 2.41. The Morgan fingerprint density at radius 1 is 1.28 bits per heavy atom. The maximum Gasteiger partial charge on any atom is 0.303 e. The number of allylic oxidation sites excluding steroid dienone is 1. The van der Waals surface area contributed by atoms with Crippen LogP contribution in [0.25, 0.3) is 5.57 Å². The predicted octanol–water partition coefficient (Wildman–Crippen LogP) is 2.07. The van der Waals surface area contributed by atoms with Gasteiger partial charge in [0.05, 0.1) is 0 Å². The minimum atomic E-state index is -0.847. The van der Waals surface area contributed by atoms with Crippen molar-refractivity contribution < 1.29 is 14.7 Å². The fraction of sp³-hybridized carbons (Fsp3) is 0.286. The molecule has 4 heteroatoms. The predicted molar refractivity (Wildman–Crippen MR) is 70.0 cm³/mol. The molecule has 2 N–H and O–H groups in total. The minimum absolute atomic E-state index is 0.0711. The van der Waals surface area contributed by atoms with Gasteiger partial charge in [-0.05, 0) is 24.5 Å². The van der Waals surface area contributed by atoms with Crippen LogP contribution in [0.3, 0.4) is 0 Å². The highest BCUT2D eigenvalue weighted by Crippen LogP contribution is 2.11. The van der Waals surface area contributed by atoms with Gasteiger partial charge in [-0.15, -0.1) is 0 Å². The third-order valence-corrected chi connectivity index (χ3v) is 2.44. The smallest absolute Gasteiger partial charge is 0.303 e. The molecule has 18 heavy (non-hydrogen) atoms. The highest BCUT2D eigenvalue weighted by atomic mass is 16.4. The molecule has 96 valence electrons. The highest BCUT2D eigenvalue weighted by Gasteiger charge is 2.01. The first kappa shape index (κ1) is 14.0. The van der Waals surface area contributed by atoms with Crippen LogP contribution < -0.4 is 5.32 Å². The number of aliphatic carboxylic acids is 1. The Morgan fingerprint density at radius 2 is 1.94 bits per heavy atom. The van der Waals surface area contributed by atoms with Gasteiger partial charge < -0.3 is 10.4 Å². The zero-order valence-corrected chi connectivity index (χ0v) is 10.3. The van der Waals surface area contributed by atoms with Crippen molar-refractivity contribution in [3.63, 3.8) is 0 Å². The zero-order chi connectivity index (χ0) is 13.4. The van der Waals surface area contributed by atoms with Crippen LogP contribution in [-0.4, -0.2) is 23.5 Å². The van der Waals surface area contributed by atoms with E-state index in [-0.39, 0.29) is 12.3 Å². The molecule has 0 radical (unpaired) electrons. The third-order valence-electron chi connectivity index (χ3n) is 2.44. The van der Waals surface area contributed by atoms with Gasteiger partial charge >= 0.3 is 5.97 Å². The summed E-state index contributed by atoms with van der Waals surface area (Å²) in [5.41, 5.74) is 1.88. The maximum atomic E-state index is 11.5. The van der Waals surface area contributed by atoms with Gasteiger partial charge in [0.25, 0.3) is 0 Å². The number of benzene rings is 1. The molecule has 0 saturated heterocycles. The second-order valence-corrected chi connectivity index (χ2v) is 3.98. The van der Waals surface area contributed by atoms with Gasteiger partial charge in [-0.2, -0.15) is 0 Å². The highest BCUT2D eigenvalue weighted by molar-refractivity contribution is 5.94. The Labute approximate surface area is 106 Å². The van der Waals surface area contributed by atoms with E-state index in [9.17, 15) is 9.59 Å². The van der Waals surface area contributed by atoms with Gasteiger partial charge in [0.15, 0.2) is 0 Å². The van der Waals surface area contributed by atoms with Crippen molar-refractivity contribution in [1.82, 2.24) is 5.32 Å². The summed E-state index contributed by atoms with van der Waals surface area (Å²) in [5, 5.41) is 11.1. The number of carboxylic acids is 1. The van der Waals surface area contributed by atoms with Crippen LogP contribution >= 0.6 is 0 Å². The number of carbonyl (C=O) groups excluding carboxylic acids is 1. The van der Waals surface area contributed by atoms with E-state index in [4.69, 9.17) is 5.11 Å². The fourth-order valence-electron chi connectivity index (χ4n) is 1.48. The summed E-state index contributed by atoms with van der Waals surface area (Å²) in [7, 11) is 0. The summed E-state index contributed by atoms with van der Waals surface area (Å²) in [6.07, 6.45) is 2.04. The molecule has 0 bridgehead atoms. The van der Waals surface area contributed by atoms with E-state index in [1.54, 1.807) is 0 Å². The molecular weight excluding hydrogens is 230 g/mol.